The van der Waals surface area contributed by atoms with Crippen LogP contribution in [-0.4, -0.2) is 39.8 Å². The summed E-state index contributed by atoms with van der Waals surface area (Å²) in [7, 11) is -0.317. The molecule has 0 aliphatic heterocycles. The normalized spacial score (nSPS) is 11.0. The maximum atomic E-state index is 12.6. The number of ether oxygens (including phenoxy) is 2. The van der Waals surface area contributed by atoms with Crippen LogP contribution in [0.4, 0.5) is 11.4 Å². The monoisotopic (exact) mass is 433 g/mol. The third-order valence-corrected chi connectivity index (χ3v) is 5.28. The second kappa shape index (κ2) is 8.50. The highest BCUT2D eigenvalue weighted by molar-refractivity contribution is 7.92. The van der Waals surface area contributed by atoms with Gasteiger partial charge in [-0.2, -0.15) is 0 Å². The molecule has 3 aromatic rings. The summed E-state index contributed by atoms with van der Waals surface area (Å²) in [6.07, 6.45) is 1.06. The predicted molar refractivity (Wildman–Crippen MR) is 114 cm³/mol. The van der Waals surface area contributed by atoms with Gasteiger partial charge in [-0.1, -0.05) is 12.1 Å². The van der Waals surface area contributed by atoms with Crippen LogP contribution in [-0.2, 0) is 10.0 Å². The fourth-order valence-corrected chi connectivity index (χ4v) is 4.00. The van der Waals surface area contributed by atoms with Gasteiger partial charge in [0.25, 0.3) is 5.91 Å². The molecule has 1 amide bonds. The zero-order chi connectivity index (χ0) is 21.0. The fourth-order valence-electron chi connectivity index (χ4n) is 2.63. The lowest BCUT2D eigenvalue weighted by Gasteiger charge is -2.10. The van der Waals surface area contributed by atoms with Crippen LogP contribution in [0.3, 0.4) is 0 Å². The van der Waals surface area contributed by atoms with Gasteiger partial charge in [-0.15, -0.1) is 11.3 Å². The standard InChI is InChI=1S/C19H19N3O5S2/c1-26-16-9-5-8-14(17(16)27-2)19-21-15(11-28-19)18(23)20-12-6-4-7-13(10-12)22-29(3,24)25/h4-11,22H,1-3H3,(H,20,23). The van der Waals surface area contributed by atoms with E-state index in [1.807, 2.05) is 12.1 Å². The molecular formula is C19H19N3O5S2. The second-order valence-electron chi connectivity index (χ2n) is 5.99. The van der Waals surface area contributed by atoms with E-state index in [2.05, 4.69) is 15.0 Å². The number of nitrogens with one attached hydrogen (secondary N) is 2. The number of methoxy groups -OCH3 is 2. The first-order chi connectivity index (χ1) is 13.8. The molecule has 0 bridgehead atoms. The number of rotatable bonds is 7. The summed E-state index contributed by atoms with van der Waals surface area (Å²) in [4.78, 5) is 17.0. The molecule has 29 heavy (non-hydrogen) atoms. The summed E-state index contributed by atoms with van der Waals surface area (Å²) in [6, 6.07) is 11.8. The van der Waals surface area contributed by atoms with Gasteiger partial charge < -0.3 is 14.8 Å². The average molecular weight is 434 g/mol. The van der Waals surface area contributed by atoms with Crippen molar-refractivity contribution in [3.8, 4) is 22.1 Å². The number of carbonyl (C=O) groups excluding carboxylic acids is 1. The van der Waals surface area contributed by atoms with Crippen molar-refractivity contribution in [1.82, 2.24) is 4.98 Å². The molecule has 10 heteroatoms. The summed E-state index contributed by atoms with van der Waals surface area (Å²) in [5.41, 5.74) is 1.74. The summed E-state index contributed by atoms with van der Waals surface area (Å²) >= 11 is 1.30. The van der Waals surface area contributed by atoms with Crippen LogP contribution in [0.5, 0.6) is 11.5 Å². The van der Waals surface area contributed by atoms with Crippen molar-refractivity contribution in [1.29, 1.82) is 0 Å². The van der Waals surface area contributed by atoms with Gasteiger partial charge in [0.05, 0.1) is 31.7 Å². The molecule has 0 radical (unpaired) electrons. The smallest absolute Gasteiger partial charge is 0.275 e. The molecule has 2 N–H and O–H groups in total. The molecule has 3 rings (SSSR count). The first-order valence-electron chi connectivity index (χ1n) is 8.37. The Morgan fingerprint density at radius 3 is 2.48 bits per heavy atom. The number of amides is 1. The number of hydrogen-bond donors (Lipinski definition) is 2. The van der Waals surface area contributed by atoms with E-state index in [0.29, 0.717) is 27.9 Å². The fraction of sp³-hybridized carbons (Fsp3) is 0.158. The Labute approximate surface area is 172 Å². The van der Waals surface area contributed by atoms with Crippen LogP contribution in [0.2, 0.25) is 0 Å². The topological polar surface area (TPSA) is 107 Å². The van der Waals surface area contributed by atoms with Crippen molar-refractivity contribution < 1.29 is 22.7 Å². The Bertz CT molecular complexity index is 1140. The molecule has 0 saturated carbocycles. The lowest BCUT2D eigenvalue weighted by Crippen LogP contribution is -2.13. The third-order valence-electron chi connectivity index (χ3n) is 3.79. The number of sulfonamides is 1. The average Bonchev–Trinajstić information content (AvgIpc) is 3.16. The van der Waals surface area contributed by atoms with Gasteiger partial charge in [0, 0.05) is 11.1 Å². The van der Waals surface area contributed by atoms with Crippen molar-refractivity contribution in [2.75, 3.05) is 30.5 Å². The van der Waals surface area contributed by atoms with E-state index in [1.54, 1.807) is 43.9 Å². The highest BCUT2D eigenvalue weighted by Crippen LogP contribution is 2.39. The number of thiazole rings is 1. The van der Waals surface area contributed by atoms with Gasteiger partial charge >= 0.3 is 0 Å². The summed E-state index contributed by atoms with van der Waals surface area (Å²) in [6.45, 7) is 0. The number of para-hydroxylation sites is 1. The van der Waals surface area contributed by atoms with E-state index in [-0.39, 0.29) is 5.69 Å². The Morgan fingerprint density at radius 1 is 1.07 bits per heavy atom. The first-order valence-corrected chi connectivity index (χ1v) is 11.1. The zero-order valence-electron chi connectivity index (χ0n) is 15.9. The van der Waals surface area contributed by atoms with Gasteiger partial charge in [0.15, 0.2) is 11.5 Å². The highest BCUT2D eigenvalue weighted by Gasteiger charge is 2.17. The predicted octanol–water partition coefficient (Wildman–Crippen LogP) is 3.45. The molecule has 8 nitrogen and oxygen atoms in total. The molecule has 1 aromatic heterocycles. The molecule has 0 aliphatic rings. The minimum Gasteiger partial charge on any atom is -0.493 e. The molecule has 1 heterocycles. The van der Waals surface area contributed by atoms with Gasteiger partial charge in [-0.05, 0) is 30.3 Å². The summed E-state index contributed by atoms with van der Waals surface area (Å²) < 4.78 is 35.8. The molecule has 0 saturated heterocycles. The SMILES string of the molecule is COc1cccc(-c2nc(C(=O)Nc3cccc(NS(C)(=O)=O)c3)cs2)c1OC. The molecular weight excluding hydrogens is 414 g/mol. The van der Waals surface area contributed by atoms with E-state index in [1.165, 1.54) is 17.4 Å². The van der Waals surface area contributed by atoms with E-state index in [4.69, 9.17) is 9.47 Å². The Kier molecular flexibility index (Phi) is 6.04. The zero-order valence-corrected chi connectivity index (χ0v) is 17.6. The van der Waals surface area contributed by atoms with Crippen molar-refractivity contribution in [2.45, 2.75) is 0 Å². The van der Waals surface area contributed by atoms with E-state index in [9.17, 15) is 13.2 Å². The van der Waals surface area contributed by atoms with Crippen LogP contribution in [0.25, 0.3) is 10.6 Å². The van der Waals surface area contributed by atoms with Crippen molar-refractivity contribution in [3.63, 3.8) is 0 Å². The summed E-state index contributed by atoms with van der Waals surface area (Å²) in [5.74, 6) is 0.697. The van der Waals surface area contributed by atoms with Gasteiger partial charge in [0.1, 0.15) is 10.7 Å². The molecule has 0 spiro atoms. The minimum atomic E-state index is -3.41. The van der Waals surface area contributed by atoms with Crippen LogP contribution >= 0.6 is 11.3 Å². The summed E-state index contributed by atoms with van der Waals surface area (Å²) in [5, 5.41) is 4.97. The number of anilines is 2. The van der Waals surface area contributed by atoms with Gasteiger partial charge in [-0.25, -0.2) is 13.4 Å². The second-order valence-corrected chi connectivity index (χ2v) is 8.59. The van der Waals surface area contributed by atoms with Crippen LogP contribution in [0.15, 0.2) is 47.8 Å². The number of aromatic nitrogens is 1. The third kappa shape index (κ3) is 5.04. The first kappa shape index (κ1) is 20.6. The molecule has 0 aliphatic carbocycles. The lowest BCUT2D eigenvalue weighted by molar-refractivity contribution is 0.102. The Hall–Kier alpha value is -3.11. The van der Waals surface area contributed by atoms with Crippen LogP contribution < -0.4 is 19.5 Å². The molecule has 0 unspecified atom stereocenters. The minimum absolute atomic E-state index is 0.233. The van der Waals surface area contributed by atoms with Crippen LogP contribution in [0.1, 0.15) is 10.5 Å². The largest absolute Gasteiger partial charge is 0.493 e. The lowest BCUT2D eigenvalue weighted by atomic mass is 10.2. The Balaban J connectivity index is 1.81. The molecule has 2 aromatic carbocycles. The van der Waals surface area contributed by atoms with E-state index in [0.717, 1.165) is 11.8 Å². The van der Waals surface area contributed by atoms with Crippen molar-refractivity contribution >= 4 is 38.6 Å². The molecule has 152 valence electrons. The van der Waals surface area contributed by atoms with Crippen molar-refractivity contribution in [2.24, 2.45) is 0 Å². The van der Waals surface area contributed by atoms with E-state index >= 15 is 0 Å². The Morgan fingerprint density at radius 2 is 1.79 bits per heavy atom. The van der Waals surface area contributed by atoms with E-state index < -0.39 is 15.9 Å². The molecule has 0 fully saturated rings. The van der Waals surface area contributed by atoms with Gasteiger partial charge in [-0.3, -0.25) is 9.52 Å². The van der Waals surface area contributed by atoms with Crippen LogP contribution in [0, 0.1) is 0 Å². The number of benzene rings is 2. The number of hydrogen-bond acceptors (Lipinski definition) is 7. The quantitative estimate of drug-likeness (QED) is 0.591. The maximum absolute atomic E-state index is 12.6. The maximum Gasteiger partial charge on any atom is 0.275 e. The number of nitrogens with zero attached hydrogens (tertiary/aromatic N) is 1. The van der Waals surface area contributed by atoms with Gasteiger partial charge in [0.2, 0.25) is 10.0 Å². The number of carbonyl (C=O) groups is 1. The molecule has 0 atom stereocenters. The van der Waals surface area contributed by atoms with Crippen molar-refractivity contribution in [3.05, 3.63) is 53.5 Å². The highest BCUT2D eigenvalue weighted by atomic mass is 32.2.